The summed E-state index contributed by atoms with van der Waals surface area (Å²) in [5.74, 6) is 0.438. The van der Waals surface area contributed by atoms with Crippen LogP contribution in [0.4, 0.5) is 17.1 Å². The third-order valence-electron chi connectivity index (χ3n) is 3.04. The quantitative estimate of drug-likeness (QED) is 0.810. The van der Waals surface area contributed by atoms with E-state index in [1.54, 1.807) is 12.1 Å². The predicted octanol–water partition coefficient (Wildman–Crippen LogP) is 4.01. The topological polar surface area (TPSA) is 61.8 Å². The Kier molecular flexibility index (Phi) is 3.72. The summed E-state index contributed by atoms with van der Waals surface area (Å²) < 4.78 is 0. The standard InChI is InChI=1S/C16H17N3/c1-11(2)14-5-3-4-6-16(14)19-13-7-8-15(18)12(9-13)10-17/h3-9,11,19H,18H2,1-2H3. The lowest BCUT2D eigenvalue weighted by Gasteiger charge is -2.15. The third kappa shape index (κ3) is 2.86. The van der Waals surface area contributed by atoms with Gasteiger partial charge in [0, 0.05) is 17.1 Å². The van der Waals surface area contributed by atoms with E-state index in [1.807, 2.05) is 24.3 Å². The second-order valence-corrected chi connectivity index (χ2v) is 4.78. The van der Waals surface area contributed by atoms with Gasteiger partial charge in [0.2, 0.25) is 0 Å². The van der Waals surface area contributed by atoms with Crippen LogP contribution < -0.4 is 11.1 Å². The maximum Gasteiger partial charge on any atom is 0.101 e. The molecule has 3 N–H and O–H groups in total. The zero-order valence-corrected chi connectivity index (χ0v) is 11.1. The Morgan fingerprint density at radius 1 is 1.16 bits per heavy atom. The van der Waals surface area contributed by atoms with Gasteiger partial charge in [-0.05, 0) is 35.7 Å². The summed E-state index contributed by atoms with van der Waals surface area (Å²) in [5, 5.41) is 12.3. The van der Waals surface area contributed by atoms with E-state index in [-0.39, 0.29) is 0 Å². The minimum absolute atomic E-state index is 0.438. The van der Waals surface area contributed by atoms with E-state index in [0.717, 1.165) is 11.4 Å². The van der Waals surface area contributed by atoms with Crippen molar-refractivity contribution in [2.24, 2.45) is 0 Å². The minimum Gasteiger partial charge on any atom is -0.398 e. The lowest BCUT2D eigenvalue weighted by Crippen LogP contribution is -1.99. The molecule has 0 bridgehead atoms. The Morgan fingerprint density at radius 2 is 1.89 bits per heavy atom. The van der Waals surface area contributed by atoms with Gasteiger partial charge in [0.15, 0.2) is 0 Å². The number of nitriles is 1. The predicted molar refractivity (Wildman–Crippen MR) is 79.4 cm³/mol. The van der Waals surface area contributed by atoms with Gasteiger partial charge >= 0.3 is 0 Å². The molecule has 0 aliphatic heterocycles. The van der Waals surface area contributed by atoms with Crippen molar-refractivity contribution in [1.82, 2.24) is 0 Å². The van der Waals surface area contributed by atoms with E-state index in [9.17, 15) is 0 Å². The van der Waals surface area contributed by atoms with E-state index in [1.165, 1.54) is 5.56 Å². The zero-order valence-electron chi connectivity index (χ0n) is 11.1. The van der Waals surface area contributed by atoms with Crippen LogP contribution >= 0.6 is 0 Å². The van der Waals surface area contributed by atoms with Crippen LogP contribution in [0.2, 0.25) is 0 Å². The van der Waals surface area contributed by atoms with Crippen molar-refractivity contribution in [3.8, 4) is 6.07 Å². The van der Waals surface area contributed by atoms with Crippen LogP contribution in [0.25, 0.3) is 0 Å². The lowest BCUT2D eigenvalue weighted by molar-refractivity contribution is 0.869. The Labute approximate surface area is 113 Å². The van der Waals surface area contributed by atoms with Crippen molar-refractivity contribution in [2.75, 3.05) is 11.1 Å². The fourth-order valence-electron chi connectivity index (χ4n) is 2.00. The molecule has 0 saturated carbocycles. The summed E-state index contributed by atoms with van der Waals surface area (Å²) in [6.45, 7) is 4.31. The molecule has 3 heteroatoms. The molecule has 0 aliphatic rings. The highest BCUT2D eigenvalue weighted by Gasteiger charge is 2.07. The Morgan fingerprint density at radius 3 is 2.58 bits per heavy atom. The molecular formula is C16H17N3. The van der Waals surface area contributed by atoms with Crippen LogP contribution in [0.5, 0.6) is 0 Å². The number of nitrogen functional groups attached to an aromatic ring is 1. The maximum absolute atomic E-state index is 8.99. The van der Waals surface area contributed by atoms with E-state index < -0.39 is 0 Å². The lowest BCUT2D eigenvalue weighted by atomic mass is 10.0. The molecule has 0 saturated heterocycles. The van der Waals surface area contributed by atoms with E-state index >= 15 is 0 Å². The Hall–Kier alpha value is -2.47. The highest BCUT2D eigenvalue weighted by molar-refractivity contribution is 5.68. The van der Waals surface area contributed by atoms with Crippen LogP contribution in [-0.2, 0) is 0 Å². The summed E-state index contributed by atoms with van der Waals surface area (Å²) in [5.41, 5.74) is 9.90. The summed E-state index contributed by atoms with van der Waals surface area (Å²) in [6.07, 6.45) is 0. The van der Waals surface area contributed by atoms with Gasteiger partial charge in [-0.25, -0.2) is 0 Å². The van der Waals surface area contributed by atoms with Crippen molar-refractivity contribution in [3.05, 3.63) is 53.6 Å². The maximum atomic E-state index is 8.99. The largest absolute Gasteiger partial charge is 0.398 e. The smallest absolute Gasteiger partial charge is 0.101 e. The summed E-state index contributed by atoms with van der Waals surface area (Å²) in [6, 6.07) is 15.7. The molecule has 0 atom stereocenters. The van der Waals surface area contributed by atoms with Gasteiger partial charge in [0.25, 0.3) is 0 Å². The number of nitrogens with one attached hydrogen (secondary N) is 1. The highest BCUT2D eigenvalue weighted by atomic mass is 14.9. The first-order valence-electron chi connectivity index (χ1n) is 6.27. The van der Waals surface area contributed by atoms with E-state index in [0.29, 0.717) is 17.2 Å². The molecule has 0 unspecified atom stereocenters. The van der Waals surface area contributed by atoms with Gasteiger partial charge < -0.3 is 11.1 Å². The fraction of sp³-hybridized carbons (Fsp3) is 0.188. The number of nitrogens with zero attached hydrogens (tertiary/aromatic N) is 1. The first kappa shape index (κ1) is 13.0. The number of hydrogen-bond donors (Lipinski definition) is 2. The summed E-state index contributed by atoms with van der Waals surface area (Å²) >= 11 is 0. The zero-order chi connectivity index (χ0) is 13.8. The van der Waals surface area contributed by atoms with E-state index in [2.05, 4.69) is 31.3 Å². The van der Waals surface area contributed by atoms with Gasteiger partial charge in [0.05, 0.1) is 5.56 Å². The Balaban J connectivity index is 2.34. The fourth-order valence-corrected chi connectivity index (χ4v) is 2.00. The second kappa shape index (κ2) is 5.45. The Bertz CT molecular complexity index is 624. The number of nitrogens with two attached hydrogens (primary N) is 1. The van der Waals surface area contributed by atoms with Crippen molar-refractivity contribution in [3.63, 3.8) is 0 Å². The number of hydrogen-bond acceptors (Lipinski definition) is 3. The molecule has 2 aromatic carbocycles. The molecular weight excluding hydrogens is 234 g/mol. The number of rotatable bonds is 3. The van der Waals surface area contributed by atoms with E-state index in [4.69, 9.17) is 11.0 Å². The van der Waals surface area contributed by atoms with Gasteiger partial charge in [-0.3, -0.25) is 0 Å². The monoisotopic (exact) mass is 251 g/mol. The van der Waals surface area contributed by atoms with Crippen molar-refractivity contribution < 1.29 is 0 Å². The molecule has 96 valence electrons. The first-order valence-corrected chi connectivity index (χ1v) is 6.27. The van der Waals surface area contributed by atoms with Gasteiger partial charge in [0.1, 0.15) is 6.07 Å². The van der Waals surface area contributed by atoms with Crippen LogP contribution in [0.15, 0.2) is 42.5 Å². The summed E-state index contributed by atoms with van der Waals surface area (Å²) in [4.78, 5) is 0. The molecule has 0 aromatic heterocycles. The number of benzene rings is 2. The molecule has 0 amide bonds. The average Bonchev–Trinajstić information content (AvgIpc) is 2.41. The van der Waals surface area contributed by atoms with Crippen LogP contribution in [0.1, 0.15) is 30.9 Å². The molecule has 0 radical (unpaired) electrons. The normalized spacial score (nSPS) is 10.2. The summed E-state index contributed by atoms with van der Waals surface area (Å²) in [7, 11) is 0. The SMILES string of the molecule is CC(C)c1ccccc1Nc1ccc(N)c(C#N)c1. The molecule has 0 spiro atoms. The van der Waals surface area contributed by atoms with Gasteiger partial charge in [-0.15, -0.1) is 0 Å². The van der Waals surface area contributed by atoms with Crippen molar-refractivity contribution in [2.45, 2.75) is 19.8 Å². The number of anilines is 3. The third-order valence-corrected chi connectivity index (χ3v) is 3.04. The first-order chi connectivity index (χ1) is 9.11. The molecule has 2 rings (SSSR count). The number of para-hydroxylation sites is 1. The van der Waals surface area contributed by atoms with Gasteiger partial charge in [-0.2, -0.15) is 5.26 Å². The molecule has 2 aromatic rings. The second-order valence-electron chi connectivity index (χ2n) is 4.78. The molecule has 0 fully saturated rings. The minimum atomic E-state index is 0.438. The van der Waals surface area contributed by atoms with Crippen molar-refractivity contribution in [1.29, 1.82) is 5.26 Å². The molecule has 19 heavy (non-hydrogen) atoms. The van der Waals surface area contributed by atoms with Crippen molar-refractivity contribution >= 4 is 17.1 Å². The van der Waals surface area contributed by atoms with Gasteiger partial charge in [-0.1, -0.05) is 32.0 Å². The molecule has 0 heterocycles. The van der Waals surface area contributed by atoms with Crippen LogP contribution in [-0.4, -0.2) is 0 Å². The van der Waals surface area contributed by atoms with Crippen LogP contribution in [0.3, 0.4) is 0 Å². The van der Waals surface area contributed by atoms with Crippen LogP contribution in [0, 0.1) is 11.3 Å². The molecule has 3 nitrogen and oxygen atoms in total. The molecule has 0 aliphatic carbocycles. The average molecular weight is 251 g/mol. The highest BCUT2D eigenvalue weighted by Crippen LogP contribution is 2.28.